The van der Waals surface area contributed by atoms with Crippen LogP contribution in [0.1, 0.15) is 5.56 Å². The number of thiazole rings is 1. The van der Waals surface area contributed by atoms with E-state index in [-0.39, 0.29) is 11.4 Å². The maximum absolute atomic E-state index is 13.9. The monoisotopic (exact) mass is 499 g/mol. The number of piperazine rings is 1. The van der Waals surface area contributed by atoms with Crippen LogP contribution in [0.2, 0.25) is 0 Å². The number of hydrogen-bond acceptors (Lipinski definition) is 4. The molecule has 4 nitrogen and oxygen atoms in total. The molecule has 27 heavy (non-hydrogen) atoms. The van der Waals surface area contributed by atoms with E-state index in [0.717, 1.165) is 15.2 Å². The standard InChI is InChI=1S/C19H16F2IN3OS/c20-13-10-15(21)18-16(11-13)27-19(23-18)25-7-5-24(6-8-25)17(26)9-12-1-3-14(22)4-2-12/h1-4,10-11H,5-9H2. The molecule has 8 heteroatoms. The van der Waals surface area contributed by atoms with E-state index < -0.39 is 11.6 Å². The number of benzene rings is 2. The van der Waals surface area contributed by atoms with Crippen molar-refractivity contribution in [2.24, 2.45) is 0 Å². The number of amides is 1. The molecule has 1 aliphatic rings. The van der Waals surface area contributed by atoms with E-state index in [2.05, 4.69) is 27.6 Å². The fraction of sp³-hybridized carbons (Fsp3) is 0.263. The van der Waals surface area contributed by atoms with Crippen LogP contribution < -0.4 is 4.90 Å². The van der Waals surface area contributed by atoms with Crippen molar-refractivity contribution in [2.75, 3.05) is 31.1 Å². The quantitative estimate of drug-likeness (QED) is 0.510. The van der Waals surface area contributed by atoms with E-state index >= 15 is 0 Å². The lowest BCUT2D eigenvalue weighted by atomic mass is 10.1. The third-order valence-corrected chi connectivity index (χ3v) is 6.36. The predicted octanol–water partition coefficient (Wildman–Crippen LogP) is 4.07. The van der Waals surface area contributed by atoms with E-state index in [9.17, 15) is 13.6 Å². The Morgan fingerprint density at radius 2 is 1.81 bits per heavy atom. The number of carbonyl (C=O) groups is 1. The second kappa shape index (κ2) is 7.67. The van der Waals surface area contributed by atoms with Gasteiger partial charge in [-0.25, -0.2) is 13.8 Å². The summed E-state index contributed by atoms with van der Waals surface area (Å²) in [6.07, 6.45) is 0.391. The van der Waals surface area contributed by atoms with E-state index in [0.29, 0.717) is 42.4 Å². The van der Waals surface area contributed by atoms with Gasteiger partial charge >= 0.3 is 0 Å². The number of fused-ring (bicyclic) bond motifs is 1. The van der Waals surface area contributed by atoms with Crippen LogP contribution in [0.3, 0.4) is 0 Å². The predicted molar refractivity (Wildman–Crippen MR) is 111 cm³/mol. The second-order valence-electron chi connectivity index (χ2n) is 6.40. The first kappa shape index (κ1) is 18.5. The molecule has 1 fully saturated rings. The molecule has 0 atom stereocenters. The molecule has 140 valence electrons. The third kappa shape index (κ3) is 4.06. The van der Waals surface area contributed by atoms with Gasteiger partial charge in [0.2, 0.25) is 5.91 Å². The van der Waals surface area contributed by atoms with Crippen LogP contribution in [0, 0.1) is 15.2 Å². The van der Waals surface area contributed by atoms with Gasteiger partial charge in [-0.2, -0.15) is 0 Å². The van der Waals surface area contributed by atoms with Crippen LogP contribution in [-0.4, -0.2) is 42.0 Å². The lowest BCUT2D eigenvalue weighted by Gasteiger charge is -2.34. The first-order valence-corrected chi connectivity index (χ1v) is 10.4. The van der Waals surface area contributed by atoms with Crippen LogP contribution in [0.5, 0.6) is 0 Å². The second-order valence-corrected chi connectivity index (χ2v) is 8.66. The van der Waals surface area contributed by atoms with Gasteiger partial charge in [-0.1, -0.05) is 23.5 Å². The first-order chi connectivity index (χ1) is 13.0. The van der Waals surface area contributed by atoms with E-state index in [1.54, 1.807) is 0 Å². The van der Waals surface area contributed by atoms with Crippen LogP contribution in [0.4, 0.5) is 13.9 Å². The molecule has 0 bridgehead atoms. The van der Waals surface area contributed by atoms with Crippen molar-refractivity contribution in [2.45, 2.75) is 6.42 Å². The van der Waals surface area contributed by atoms with Crippen molar-refractivity contribution < 1.29 is 13.6 Å². The van der Waals surface area contributed by atoms with Crippen molar-refractivity contribution in [3.8, 4) is 0 Å². The molecule has 0 aliphatic carbocycles. The molecule has 2 heterocycles. The molecule has 0 unspecified atom stereocenters. The number of carbonyl (C=O) groups excluding carboxylic acids is 1. The number of anilines is 1. The normalized spacial score (nSPS) is 14.8. The first-order valence-electron chi connectivity index (χ1n) is 8.52. The van der Waals surface area contributed by atoms with Crippen molar-refractivity contribution in [3.63, 3.8) is 0 Å². The Kier molecular flexibility index (Phi) is 5.27. The van der Waals surface area contributed by atoms with Gasteiger partial charge < -0.3 is 9.80 Å². The highest BCUT2D eigenvalue weighted by Crippen LogP contribution is 2.31. The zero-order valence-corrected chi connectivity index (χ0v) is 17.3. The molecule has 1 saturated heterocycles. The third-order valence-electron chi connectivity index (χ3n) is 4.57. The summed E-state index contributed by atoms with van der Waals surface area (Å²) in [7, 11) is 0. The maximum Gasteiger partial charge on any atom is 0.227 e. The van der Waals surface area contributed by atoms with Crippen molar-refractivity contribution in [3.05, 3.63) is 57.2 Å². The Balaban J connectivity index is 1.40. The number of aromatic nitrogens is 1. The minimum absolute atomic E-state index is 0.105. The van der Waals surface area contributed by atoms with Gasteiger partial charge in [0, 0.05) is 35.8 Å². The highest BCUT2D eigenvalue weighted by Gasteiger charge is 2.23. The Morgan fingerprint density at radius 3 is 2.52 bits per heavy atom. The van der Waals surface area contributed by atoms with E-state index in [1.807, 2.05) is 34.1 Å². The van der Waals surface area contributed by atoms with Gasteiger partial charge in [-0.15, -0.1) is 0 Å². The van der Waals surface area contributed by atoms with Crippen molar-refractivity contribution in [1.29, 1.82) is 0 Å². The lowest BCUT2D eigenvalue weighted by Crippen LogP contribution is -2.49. The molecular formula is C19H16F2IN3OS. The van der Waals surface area contributed by atoms with Crippen LogP contribution in [0.25, 0.3) is 10.2 Å². The Labute approximate surface area is 172 Å². The molecular weight excluding hydrogens is 483 g/mol. The van der Waals surface area contributed by atoms with Crippen molar-refractivity contribution in [1.82, 2.24) is 9.88 Å². The fourth-order valence-corrected chi connectivity index (χ4v) is 4.53. The minimum atomic E-state index is -0.640. The number of rotatable bonds is 3. The van der Waals surface area contributed by atoms with Crippen molar-refractivity contribution >= 4 is 55.2 Å². The summed E-state index contributed by atoms with van der Waals surface area (Å²) in [4.78, 5) is 20.7. The van der Waals surface area contributed by atoms with Gasteiger partial charge in [0.25, 0.3) is 0 Å². The lowest BCUT2D eigenvalue weighted by molar-refractivity contribution is -0.130. The molecule has 3 aromatic rings. The summed E-state index contributed by atoms with van der Waals surface area (Å²) in [6.45, 7) is 2.44. The number of hydrogen-bond donors (Lipinski definition) is 0. The number of nitrogens with zero attached hydrogens (tertiary/aromatic N) is 3. The summed E-state index contributed by atoms with van der Waals surface area (Å²) in [5.41, 5.74) is 1.21. The van der Waals surface area contributed by atoms with Crippen LogP contribution >= 0.6 is 33.9 Å². The molecule has 0 spiro atoms. The maximum atomic E-state index is 13.9. The fourth-order valence-electron chi connectivity index (χ4n) is 3.12. The number of halogens is 3. The summed E-state index contributed by atoms with van der Waals surface area (Å²) < 4.78 is 28.9. The molecule has 1 aromatic heterocycles. The zero-order valence-electron chi connectivity index (χ0n) is 14.3. The van der Waals surface area contributed by atoms with Gasteiger partial charge in [-0.05, 0) is 46.4 Å². The molecule has 0 N–H and O–H groups in total. The topological polar surface area (TPSA) is 36.4 Å². The zero-order chi connectivity index (χ0) is 19.0. The SMILES string of the molecule is O=C(Cc1ccc(I)cc1)N1CCN(c2nc3c(F)cc(F)cc3s2)CC1. The van der Waals surface area contributed by atoms with Gasteiger partial charge in [0.15, 0.2) is 10.9 Å². The van der Waals surface area contributed by atoms with Crippen LogP contribution in [0.15, 0.2) is 36.4 Å². The van der Waals surface area contributed by atoms with E-state index in [1.165, 1.54) is 17.4 Å². The molecule has 1 amide bonds. The molecule has 4 rings (SSSR count). The Morgan fingerprint density at radius 1 is 1.11 bits per heavy atom. The van der Waals surface area contributed by atoms with Gasteiger partial charge in [-0.3, -0.25) is 4.79 Å². The van der Waals surface area contributed by atoms with Gasteiger partial charge in [0.05, 0.1) is 11.1 Å². The smallest absolute Gasteiger partial charge is 0.227 e. The highest BCUT2D eigenvalue weighted by atomic mass is 127. The minimum Gasteiger partial charge on any atom is -0.345 e. The Bertz CT molecular complexity index is 985. The molecule has 1 aliphatic heterocycles. The van der Waals surface area contributed by atoms with E-state index in [4.69, 9.17) is 0 Å². The molecule has 0 radical (unpaired) electrons. The largest absolute Gasteiger partial charge is 0.345 e. The highest BCUT2D eigenvalue weighted by molar-refractivity contribution is 14.1. The molecule has 2 aromatic carbocycles. The Hall–Kier alpha value is -1.81. The molecule has 0 saturated carbocycles. The summed E-state index contributed by atoms with van der Waals surface area (Å²) in [5.74, 6) is -1.13. The average Bonchev–Trinajstić information content (AvgIpc) is 3.08. The summed E-state index contributed by atoms with van der Waals surface area (Å²) in [6, 6.07) is 10.1. The van der Waals surface area contributed by atoms with Gasteiger partial charge in [0.1, 0.15) is 11.3 Å². The summed E-state index contributed by atoms with van der Waals surface area (Å²) >= 11 is 3.52. The summed E-state index contributed by atoms with van der Waals surface area (Å²) in [5, 5.41) is 0.666. The average molecular weight is 499 g/mol. The van der Waals surface area contributed by atoms with Crippen LogP contribution in [-0.2, 0) is 11.2 Å².